The Morgan fingerprint density at radius 1 is 1.40 bits per heavy atom. The third-order valence-corrected chi connectivity index (χ3v) is 2.36. The Hall–Kier alpha value is -1.14. The Morgan fingerprint density at radius 2 is 2.00 bits per heavy atom. The zero-order valence-corrected chi connectivity index (χ0v) is 9.54. The first kappa shape index (κ1) is 13.9. The molecule has 15 heavy (non-hydrogen) atoms. The lowest BCUT2D eigenvalue weighted by atomic mass is 10.2. The Bertz CT molecular complexity index is 220. The van der Waals surface area contributed by atoms with E-state index in [4.69, 9.17) is 5.84 Å². The summed E-state index contributed by atoms with van der Waals surface area (Å²) in [5.41, 5.74) is 2.08. The van der Waals surface area contributed by atoms with E-state index < -0.39 is 0 Å². The summed E-state index contributed by atoms with van der Waals surface area (Å²) in [7, 11) is 3.48. The number of nitrogens with zero attached hydrogens (tertiary/aromatic N) is 1. The molecule has 0 saturated heterocycles. The molecular weight excluding hydrogens is 196 g/mol. The number of amides is 2. The van der Waals surface area contributed by atoms with Crippen molar-refractivity contribution >= 4 is 11.8 Å². The van der Waals surface area contributed by atoms with Gasteiger partial charge in [0.15, 0.2) is 0 Å². The molecule has 0 aromatic carbocycles. The number of nitrogens with two attached hydrogens (primary N) is 1. The third-order valence-electron chi connectivity index (χ3n) is 2.36. The van der Waals surface area contributed by atoms with Crippen LogP contribution in [0.1, 0.15) is 19.8 Å². The van der Waals surface area contributed by atoms with E-state index in [1.54, 1.807) is 7.05 Å². The fourth-order valence-electron chi connectivity index (χ4n) is 1.11. The van der Waals surface area contributed by atoms with Crippen molar-refractivity contribution in [3.05, 3.63) is 0 Å². The molecule has 0 fully saturated rings. The molecule has 0 bridgehead atoms. The van der Waals surface area contributed by atoms with Gasteiger partial charge in [-0.1, -0.05) is 0 Å². The fourth-order valence-corrected chi connectivity index (χ4v) is 1.11. The zero-order chi connectivity index (χ0) is 11.8. The van der Waals surface area contributed by atoms with Crippen LogP contribution in [0.3, 0.4) is 0 Å². The molecule has 1 atom stereocenters. The van der Waals surface area contributed by atoms with Crippen LogP contribution in [0.4, 0.5) is 0 Å². The molecule has 2 amide bonds. The van der Waals surface area contributed by atoms with Crippen molar-refractivity contribution in [3.8, 4) is 0 Å². The van der Waals surface area contributed by atoms with Crippen LogP contribution in [0.5, 0.6) is 0 Å². The molecule has 0 spiro atoms. The first-order valence-electron chi connectivity index (χ1n) is 4.91. The van der Waals surface area contributed by atoms with E-state index >= 15 is 0 Å². The molecule has 0 aromatic rings. The number of carbonyl (C=O) groups is 2. The molecule has 0 rings (SSSR count). The summed E-state index contributed by atoms with van der Waals surface area (Å²) in [4.78, 5) is 23.9. The molecule has 0 saturated carbocycles. The standard InChI is InChI=1S/C9H20N4O2/c1-7(6-9(15)12-10)13(3)5-4-8(14)11-2/h7H,4-6,10H2,1-3H3,(H,11,14)(H,12,15). The van der Waals surface area contributed by atoms with Crippen LogP contribution < -0.4 is 16.6 Å². The van der Waals surface area contributed by atoms with E-state index in [1.807, 2.05) is 18.9 Å². The number of carbonyl (C=O) groups excluding carboxylic acids is 2. The normalized spacial score (nSPS) is 12.3. The summed E-state index contributed by atoms with van der Waals surface area (Å²) in [5.74, 6) is 4.78. The number of hydrogen-bond donors (Lipinski definition) is 3. The second kappa shape index (κ2) is 7.19. The number of nitrogens with one attached hydrogen (secondary N) is 2. The summed E-state index contributed by atoms with van der Waals surface area (Å²) >= 11 is 0. The van der Waals surface area contributed by atoms with Gasteiger partial charge in [-0.3, -0.25) is 15.0 Å². The summed E-state index contributed by atoms with van der Waals surface area (Å²) in [6.45, 7) is 2.54. The summed E-state index contributed by atoms with van der Waals surface area (Å²) in [6, 6.07) is 0.0678. The van der Waals surface area contributed by atoms with Crippen LogP contribution in [-0.2, 0) is 9.59 Å². The average molecular weight is 216 g/mol. The van der Waals surface area contributed by atoms with Gasteiger partial charge in [-0.25, -0.2) is 5.84 Å². The first-order valence-corrected chi connectivity index (χ1v) is 4.91. The minimum atomic E-state index is -0.200. The Balaban J connectivity index is 3.83. The van der Waals surface area contributed by atoms with Gasteiger partial charge < -0.3 is 10.2 Å². The SMILES string of the molecule is CNC(=O)CCN(C)C(C)CC(=O)NN. The van der Waals surface area contributed by atoms with Gasteiger partial charge in [-0.2, -0.15) is 0 Å². The lowest BCUT2D eigenvalue weighted by molar-refractivity contribution is -0.122. The molecular formula is C9H20N4O2. The first-order chi connectivity index (χ1) is 7.01. The predicted octanol–water partition coefficient (Wildman–Crippen LogP) is -1.18. The predicted molar refractivity (Wildman–Crippen MR) is 57.7 cm³/mol. The maximum absolute atomic E-state index is 11.0. The van der Waals surface area contributed by atoms with Crippen molar-refractivity contribution in [1.82, 2.24) is 15.6 Å². The zero-order valence-electron chi connectivity index (χ0n) is 9.54. The minimum absolute atomic E-state index is 0.00248. The van der Waals surface area contributed by atoms with Crippen molar-refractivity contribution in [3.63, 3.8) is 0 Å². The lowest BCUT2D eigenvalue weighted by Crippen LogP contribution is -2.39. The van der Waals surface area contributed by atoms with Crippen LogP contribution in [0, 0.1) is 0 Å². The monoisotopic (exact) mass is 216 g/mol. The average Bonchev–Trinajstić information content (AvgIpc) is 2.24. The molecule has 1 unspecified atom stereocenters. The fraction of sp³-hybridized carbons (Fsp3) is 0.778. The lowest BCUT2D eigenvalue weighted by Gasteiger charge is -2.23. The molecule has 4 N–H and O–H groups in total. The Kier molecular flexibility index (Phi) is 6.64. The van der Waals surface area contributed by atoms with E-state index in [0.29, 0.717) is 19.4 Å². The summed E-state index contributed by atoms with van der Waals surface area (Å²) in [6.07, 6.45) is 0.766. The van der Waals surface area contributed by atoms with Crippen molar-refractivity contribution in [1.29, 1.82) is 0 Å². The number of hydrazine groups is 1. The third kappa shape index (κ3) is 6.03. The van der Waals surface area contributed by atoms with E-state index in [-0.39, 0.29) is 17.9 Å². The maximum atomic E-state index is 11.0. The van der Waals surface area contributed by atoms with Crippen LogP contribution in [0.15, 0.2) is 0 Å². The van der Waals surface area contributed by atoms with Gasteiger partial charge in [0.25, 0.3) is 0 Å². The molecule has 6 nitrogen and oxygen atoms in total. The van der Waals surface area contributed by atoms with Crippen molar-refractivity contribution in [2.24, 2.45) is 5.84 Å². The van der Waals surface area contributed by atoms with Crippen molar-refractivity contribution in [2.75, 3.05) is 20.6 Å². The molecule has 6 heteroatoms. The number of hydrogen-bond acceptors (Lipinski definition) is 4. The van der Waals surface area contributed by atoms with Gasteiger partial charge in [0.2, 0.25) is 11.8 Å². The smallest absolute Gasteiger partial charge is 0.235 e. The molecule has 0 radical (unpaired) electrons. The van der Waals surface area contributed by atoms with E-state index in [9.17, 15) is 9.59 Å². The number of rotatable bonds is 6. The van der Waals surface area contributed by atoms with Gasteiger partial charge >= 0.3 is 0 Å². The molecule has 0 heterocycles. The Labute approximate surface area is 90.2 Å². The highest BCUT2D eigenvalue weighted by molar-refractivity contribution is 5.76. The molecule has 0 aliphatic carbocycles. The molecule has 0 aliphatic heterocycles. The van der Waals surface area contributed by atoms with Gasteiger partial charge in [-0.05, 0) is 14.0 Å². The highest BCUT2D eigenvalue weighted by Gasteiger charge is 2.13. The topological polar surface area (TPSA) is 87.5 Å². The van der Waals surface area contributed by atoms with Gasteiger partial charge in [-0.15, -0.1) is 0 Å². The summed E-state index contributed by atoms with van der Waals surface area (Å²) < 4.78 is 0. The van der Waals surface area contributed by atoms with Crippen LogP contribution in [-0.4, -0.2) is 43.4 Å². The van der Waals surface area contributed by atoms with E-state index in [0.717, 1.165) is 0 Å². The second-order valence-electron chi connectivity index (χ2n) is 3.52. The molecule has 0 aromatic heterocycles. The van der Waals surface area contributed by atoms with E-state index in [1.165, 1.54) is 0 Å². The quantitative estimate of drug-likeness (QED) is 0.296. The maximum Gasteiger partial charge on any atom is 0.235 e. The van der Waals surface area contributed by atoms with E-state index in [2.05, 4.69) is 10.7 Å². The van der Waals surface area contributed by atoms with Crippen LogP contribution in [0.25, 0.3) is 0 Å². The second-order valence-corrected chi connectivity index (χ2v) is 3.52. The highest BCUT2D eigenvalue weighted by Crippen LogP contribution is 2.01. The molecule has 88 valence electrons. The highest BCUT2D eigenvalue weighted by atomic mass is 16.2. The van der Waals surface area contributed by atoms with Crippen molar-refractivity contribution < 1.29 is 9.59 Å². The van der Waals surface area contributed by atoms with Gasteiger partial charge in [0.1, 0.15) is 0 Å². The minimum Gasteiger partial charge on any atom is -0.359 e. The summed E-state index contributed by atoms with van der Waals surface area (Å²) in [5, 5.41) is 2.55. The van der Waals surface area contributed by atoms with Crippen molar-refractivity contribution in [2.45, 2.75) is 25.8 Å². The molecule has 0 aliphatic rings. The van der Waals surface area contributed by atoms with Crippen LogP contribution >= 0.6 is 0 Å². The van der Waals surface area contributed by atoms with Gasteiger partial charge in [0, 0.05) is 32.5 Å². The van der Waals surface area contributed by atoms with Gasteiger partial charge in [0.05, 0.1) is 0 Å². The Morgan fingerprint density at radius 3 is 2.47 bits per heavy atom. The largest absolute Gasteiger partial charge is 0.359 e. The van der Waals surface area contributed by atoms with Crippen LogP contribution in [0.2, 0.25) is 0 Å².